The minimum Gasteiger partial charge on any atom is -0.364 e. The lowest BCUT2D eigenvalue weighted by atomic mass is 10.2. The molecular formula is C18H22N6O2. The van der Waals surface area contributed by atoms with Crippen molar-refractivity contribution >= 4 is 17.6 Å². The SMILES string of the molecule is CCCC(=O)NCCN1Cc2nc(NCc3cnccn3)ccc2C1=O. The van der Waals surface area contributed by atoms with E-state index in [-0.39, 0.29) is 11.8 Å². The lowest BCUT2D eigenvalue weighted by Gasteiger charge is -2.15. The van der Waals surface area contributed by atoms with Crippen LogP contribution >= 0.6 is 0 Å². The van der Waals surface area contributed by atoms with Gasteiger partial charge in [0.05, 0.1) is 36.2 Å². The van der Waals surface area contributed by atoms with Crippen LogP contribution in [0, 0.1) is 0 Å². The average molecular weight is 354 g/mol. The summed E-state index contributed by atoms with van der Waals surface area (Å²) in [5.41, 5.74) is 2.18. The molecule has 8 nitrogen and oxygen atoms in total. The van der Waals surface area contributed by atoms with Crippen molar-refractivity contribution in [1.82, 2.24) is 25.2 Å². The molecule has 2 aromatic heterocycles. The molecule has 1 aliphatic rings. The second-order valence-corrected chi connectivity index (χ2v) is 6.07. The van der Waals surface area contributed by atoms with Crippen LogP contribution in [0.1, 0.15) is 41.5 Å². The molecule has 2 amide bonds. The molecule has 3 heterocycles. The molecule has 0 unspecified atom stereocenters. The summed E-state index contributed by atoms with van der Waals surface area (Å²) in [7, 11) is 0. The zero-order valence-corrected chi connectivity index (χ0v) is 14.7. The zero-order chi connectivity index (χ0) is 18.4. The number of nitrogens with zero attached hydrogens (tertiary/aromatic N) is 4. The molecular weight excluding hydrogens is 332 g/mol. The summed E-state index contributed by atoms with van der Waals surface area (Å²) in [6, 6.07) is 3.58. The smallest absolute Gasteiger partial charge is 0.256 e. The van der Waals surface area contributed by atoms with Crippen molar-refractivity contribution in [1.29, 1.82) is 0 Å². The molecule has 8 heteroatoms. The summed E-state index contributed by atoms with van der Waals surface area (Å²) in [4.78, 5) is 38.4. The van der Waals surface area contributed by atoms with Gasteiger partial charge in [0.25, 0.3) is 5.91 Å². The van der Waals surface area contributed by atoms with Gasteiger partial charge in [0, 0.05) is 31.9 Å². The fourth-order valence-electron chi connectivity index (χ4n) is 2.77. The molecule has 3 rings (SSSR count). The van der Waals surface area contributed by atoms with Gasteiger partial charge in [-0.15, -0.1) is 0 Å². The van der Waals surface area contributed by atoms with Crippen molar-refractivity contribution < 1.29 is 9.59 Å². The molecule has 1 aliphatic heterocycles. The number of pyridine rings is 1. The first kappa shape index (κ1) is 17.8. The van der Waals surface area contributed by atoms with E-state index in [1.165, 1.54) is 0 Å². The predicted molar refractivity (Wildman–Crippen MR) is 96.3 cm³/mol. The molecule has 0 aromatic carbocycles. The van der Waals surface area contributed by atoms with Crippen molar-refractivity contribution in [3.63, 3.8) is 0 Å². The Morgan fingerprint density at radius 3 is 2.96 bits per heavy atom. The van der Waals surface area contributed by atoms with Gasteiger partial charge >= 0.3 is 0 Å². The van der Waals surface area contributed by atoms with Gasteiger partial charge in [-0.2, -0.15) is 0 Å². The molecule has 0 saturated heterocycles. The third-order valence-corrected chi connectivity index (χ3v) is 4.08. The maximum Gasteiger partial charge on any atom is 0.256 e. The number of carbonyl (C=O) groups is 2. The molecule has 26 heavy (non-hydrogen) atoms. The van der Waals surface area contributed by atoms with Crippen LogP contribution in [-0.4, -0.2) is 44.8 Å². The monoisotopic (exact) mass is 354 g/mol. The van der Waals surface area contributed by atoms with Gasteiger partial charge in [0.2, 0.25) is 5.91 Å². The second kappa shape index (κ2) is 8.37. The molecule has 0 atom stereocenters. The number of rotatable bonds is 8. The standard InChI is InChI=1S/C18H22N6O2/c1-2-3-17(25)21-8-9-24-12-15-14(18(24)26)4-5-16(23-15)22-11-13-10-19-6-7-20-13/h4-7,10H,2-3,8-9,11-12H2,1H3,(H,21,25)(H,22,23). The number of anilines is 1. The van der Waals surface area contributed by atoms with Gasteiger partial charge in [-0.1, -0.05) is 6.92 Å². The second-order valence-electron chi connectivity index (χ2n) is 6.07. The highest BCUT2D eigenvalue weighted by molar-refractivity contribution is 5.98. The number of amides is 2. The Bertz CT molecular complexity index is 781. The Labute approximate surface area is 152 Å². The highest BCUT2D eigenvalue weighted by atomic mass is 16.2. The van der Waals surface area contributed by atoms with E-state index in [4.69, 9.17) is 0 Å². The third kappa shape index (κ3) is 4.33. The molecule has 136 valence electrons. The number of aromatic nitrogens is 3. The number of fused-ring (bicyclic) bond motifs is 1. The van der Waals surface area contributed by atoms with Crippen LogP contribution in [0.25, 0.3) is 0 Å². The van der Waals surface area contributed by atoms with Crippen molar-refractivity contribution in [2.75, 3.05) is 18.4 Å². The molecule has 2 aromatic rings. The first-order valence-electron chi connectivity index (χ1n) is 8.72. The average Bonchev–Trinajstić information content (AvgIpc) is 2.96. The summed E-state index contributed by atoms with van der Waals surface area (Å²) in [6.07, 6.45) is 6.29. The highest BCUT2D eigenvalue weighted by Gasteiger charge is 2.28. The molecule has 2 N–H and O–H groups in total. The van der Waals surface area contributed by atoms with Crippen molar-refractivity contribution in [2.45, 2.75) is 32.9 Å². The number of hydrogen-bond donors (Lipinski definition) is 2. The van der Waals surface area contributed by atoms with Gasteiger partial charge < -0.3 is 15.5 Å². The zero-order valence-electron chi connectivity index (χ0n) is 14.7. The molecule has 0 saturated carbocycles. The minimum atomic E-state index is -0.0438. The number of hydrogen-bond acceptors (Lipinski definition) is 6. The van der Waals surface area contributed by atoms with E-state index in [1.807, 2.05) is 6.92 Å². The Balaban J connectivity index is 1.55. The quantitative estimate of drug-likeness (QED) is 0.742. The lowest BCUT2D eigenvalue weighted by molar-refractivity contribution is -0.121. The Hall–Kier alpha value is -3.03. The molecule has 0 radical (unpaired) electrons. The molecule has 0 aliphatic carbocycles. The summed E-state index contributed by atoms with van der Waals surface area (Å²) < 4.78 is 0. The fourth-order valence-corrected chi connectivity index (χ4v) is 2.77. The summed E-state index contributed by atoms with van der Waals surface area (Å²) in [5.74, 6) is 0.670. The maximum atomic E-state index is 12.4. The van der Waals surface area contributed by atoms with E-state index in [2.05, 4.69) is 25.6 Å². The van der Waals surface area contributed by atoms with Crippen LogP contribution in [0.5, 0.6) is 0 Å². The van der Waals surface area contributed by atoms with Gasteiger partial charge in [-0.3, -0.25) is 19.6 Å². The van der Waals surface area contributed by atoms with E-state index in [0.29, 0.717) is 44.0 Å². The van der Waals surface area contributed by atoms with Crippen LogP contribution in [0.15, 0.2) is 30.7 Å². The van der Waals surface area contributed by atoms with Crippen LogP contribution in [0.4, 0.5) is 5.82 Å². The third-order valence-electron chi connectivity index (χ3n) is 4.08. The van der Waals surface area contributed by atoms with Gasteiger partial charge in [-0.25, -0.2) is 4.98 Å². The van der Waals surface area contributed by atoms with E-state index < -0.39 is 0 Å². The van der Waals surface area contributed by atoms with Crippen molar-refractivity contribution in [2.24, 2.45) is 0 Å². The van der Waals surface area contributed by atoms with Crippen LogP contribution in [0.3, 0.4) is 0 Å². The van der Waals surface area contributed by atoms with E-state index in [1.54, 1.807) is 35.6 Å². The highest BCUT2D eigenvalue weighted by Crippen LogP contribution is 2.22. The summed E-state index contributed by atoms with van der Waals surface area (Å²) in [5, 5.41) is 6.02. The van der Waals surface area contributed by atoms with Crippen LogP contribution < -0.4 is 10.6 Å². The van der Waals surface area contributed by atoms with Gasteiger partial charge in [-0.05, 0) is 18.6 Å². The number of carbonyl (C=O) groups excluding carboxylic acids is 2. The summed E-state index contributed by atoms with van der Waals surface area (Å²) >= 11 is 0. The van der Waals surface area contributed by atoms with E-state index in [9.17, 15) is 9.59 Å². The van der Waals surface area contributed by atoms with Crippen molar-refractivity contribution in [3.05, 3.63) is 47.7 Å². The van der Waals surface area contributed by atoms with Crippen LogP contribution in [0.2, 0.25) is 0 Å². The first-order valence-corrected chi connectivity index (χ1v) is 8.72. The topological polar surface area (TPSA) is 100 Å². The fraction of sp³-hybridized carbons (Fsp3) is 0.389. The van der Waals surface area contributed by atoms with Crippen molar-refractivity contribution in [3.8, 4) is 0 Å². The largest absolute Gasteiger partial charge is 0.364 e. The molecule has 0 bridgehead atoms. The predicted octanol–water partition coefficient (Wildman–Crippen LogP) is 1.36. The van der Waals surface area contributed by atoms with E-state index >= 15 is 0 Å². The Morgan fingerprint density at radius 2 is 2.19 bits per heavy atom. The van der Waals surface area contributed by atoms with Crippen LogP contribution in [-0.2, 0) is 17.9 Å². The molecule has 0 spiro atoms. The molecule has 0 fully saturated rings. The van der Waals surface area contributed by atoms with Gasteiger partial charge in [0.15, 0.2) is 0 Å². The normalized spacial score (nSPS) is 12.8. The lowest BCUT2D eigenvalue weighted by Crippen LogP contribution is -2.35. The first-order chi connectivity index (χ1) is 12.7. The Kier molecular flexibility index (Phi) is 5.73. The Morgan fingerprint density at radius 1 is 1.31 bits per heavy atom. The number of nitrogens with one attached hydrogen (secondary N) is 2. The minimum absolute atomic E-state index is 0.0188. The van der Waals surface area contributed by atoms with E-state index in [0.717, 1.165) is 17.8 Å². The van der Waals surface area contributed by atoms with Gasteiger partial charge in [0.1, 0.15) is 5.82 Å². The maximum absolute atomic E-state index is 12.4. The summed E-state index contributed by atoms with van der Waals surface area (Å²) in [6.45, 7) is 3.87.